The number of benzene rings is 1. The predicted molar refractivity (Wildman–Crippen MR) is 73.4 cm³/mol. The molecule has 1 amide bonds. The number of carbonyl (C=O) groups excluding carboxylic acids is 1. The molecular formula is C14H16BrF2NO. The Kier molecular flexibility index (Phi) is 4.91. The second kappa shape index (κ2) is 6.46. The minimum absolute atomic E-state index is 0.0340. The molecule has 0 spiro atoms. The molecule has 1 aliphatic rings. The van der Waals surface area contributed by atoms with Crippen LogP contribution in [0.3, 0.4) is 0 Å². The van der Waals surface area contributed by atoms with Gasteiger partial charge in [-0.1, -0.05) is 15.9 Å². The third-order valence-corrected chi connectivity index (χ3v) is 4.37. The Hall–Kier alpha value is -0.970. The summed E-state index contributed by atoms with van der Waals surface area (Å²) in [5, 5.41) is 2.75. The van der Waals surface area contributed by atoms with Gasteiger partial charge < -0.3 is 5.32 Å². The van der Waals surface area contributed by atoms with E-state index in [-0.39, 0.29) is 5.56 Å². The molecule has 1 aliphatic carbocycles. The summed E-state index contributed by atoms with van der Waals surface area (Å²) in [5.41, 5.74) is 0.0340. The summed E-state index contributed by atoms with van der Waals surface area (Å²) in [5.74, 6) is -1.43. The molecule has 5 heteroatoms. The van der Waals surface area contributed by atoms with E-state index in [2.05, 4.69) is 21.2 Å². The first kappa shape index (κ1) is 14.4. The van der Waals surface area contributed by atoms with Gasteiger partial charge in [0, 0.05) is 23.0 Å². The van der Waals surface area contributed by atoms with Crippen molar-refractivity contribution in [3.8, 4) is 0 Å². The molecule has 0 unspecified atom stereocenters. The van der Waals surface area contributed by atoms with Crippen molar-refractivity contribution in [1.82, 2.24) is 5.32 Å². The molecule has 0 saturated heterocycles. The van der Waals surface area contributed by atoms with E-state index in [1.807, 2.05) is 0 Å². The van der Waals surface area contributed by atoms with Crippen molar-refractivity contribution < 1.29 is 13.6 Å². The minimum Gasteiger partial charge on any atom is -0.352 e. The quantitative estimate of drug-likeness (QED) is 0.841. The number of carbonyl (C=O) groups is 1. The number of hydrogen-bond donors (Lipinski definition) is 1. The van der Waals surface area contributed by atoms with Gasteiger partial charge in [0.05, 0.1) is 0 Å². The third-order valence-electron chi connectivity index (χ3n) is 3.45. The zero-order valence-corrected chi connectivity index (χ0v) is 12.1. The summed E-state index contributed by atoms with van der Waals surface area (Å²) in [6.45, 7) is 0.566. The Balaban J connectivity index is 1.87. The molecule has 104 valence electrons. The predicted octanol–water partition coefficient (Wildman–Crippen LogP) is 3.65. The van der Waals surface area contributed by atoms with Gasteiger partial charge in [-0.05, 0) is 43.7 Å². The van der Waals surface area contributed by atoms with Gasteiger partial charge in [-0.3, -0.25) is 4.79 Å². The Bertz CT molecular complexity index is 439. The first-order valence-electron chi connectivity index (χ1n) is 6.43. The van der Waals surface area contributed by atoms with Gasteiger partial charge in [0.2, 0.25) is 0 Å². The molecule has 1 saturated carbocycles. The van der Waals surface area contributed by atoms with E-state index in [1.165, 1.54) is 0 Å². The van der Waals surface area contributed by atoms with Crippen LogP contribution in [0.1, 0.15) is 36.0 Å². The minimum atomic E-state index is -0.732. The van der Waals surface area contributed by atoms with E-state index in [1.54, 1.807) is 0 Å². The van der Waals surface area contributed by atoms with Crippen LogP contribution in [0.4, 0.5) is 8.78 Å². The van der Waals surface area contributed by atoms with Crippen LogP contribution in [0.5, 0.6) is 0 Å². The summed E-state index contributed by atoms with van der Waals surface area (Å²) < 4.78 is 26.0. The zero-order valence-electron chi connectivity index (χ0n) is 10.5. The number of amides is 1. The van der Waals surface area contributed by atoms with Gasteiger partial charge >= 0.3 is 0 Å². The molecular weight excluding hydrogens is 316 g/mol. The van der Waals surface area contributed by atoms with E-state index < -0.39 is 17.5 Å². The van der Waals surface area contributed by atoms with Crippen LogP contribution >= 0.6 is 15.9 Å². The molecule has 0 heterocycles. The Morgan fingerprint density at radius 2 is 1.74 bits per heavy atom. The van der Waals surface area contributed by atoms with Crippen molar-refractivity contribution >= 4 is 21.8 Å². The second-order valence-corrected chi connectivity index (χ2v) is 6.28. The van der Waals surface area contributed by atoms with Gasteiger partial charge in [-0.15, -0.1) is 0 Å². The molecule has 19 heavy (non-hydrogen) atoms. The smallest absolute Gasteiger partial charge is 0.251 e. The average Bonchev–Trinajstić information content (AvgIpc) is 2.36. The summed E-state index contributed by atoms with van der Waals surface area (Å²) >= 11 is 3.58. The van der Waals surface area contributed by atoms with Crippen LogP contribution in [0.25, 0.3) is 0 Å². The highest BCUT2D eigenvalue weighted by Gasteiger charge is 2.20. The zero-order chi connectivity index (χ0) is 13.8. The van der Waals surface area contributed by atoms with Crippen LogP contribution in [0.15, 0.2) is 18.2 Å². The average molecular weight is 332 g/mol. The van der Waals surface area contributed by atoms with Gasteiger partial charge in [-0.25, -0.2) is 8.78 Å². The van der Waals surface area contributed by atoms with E-state index >= 15 is 0 Å². The van der Waals surface area contributed by atoms with E-state index in [4.69, 9.17) is 0 Å². The van der Waals surface area contributed by atoms with Crippen LogP contribution in [0, 0.1) is 17.6 Å². The molecule has 0 bridgehead atoms. The number of nitrogens with one attached hydrogen (secondary N) is 1. The summed E-state index contributed by atoms with van der Waals surface area (Å²) in [4.78, 5) is 12.4. The number of hydrogen-bond acceptors (Lipinski definition) is 1. The van der Waals surface area contributed by atoms with Crippen molar-refractivity contribution in [2.24, 2.45) is 5.92 Å². The largest absolute Gasteiger partial charge is 0.352 e. The fourth-order valence-corrected chi connectivity index (χ4v) is 2.88. The molecule has 0 atom stereocenters. The highest BCUT2D eigenvalue weighted by atomic mass is 79.9. The van der Waals surface area contributed by atoms with E-state index in [9.17, 15) is 13.6 Å². The molecule has 0 aliphatic heterocycles. The topological polar surface area (TPSA) is 29.1 Å². The number of alkyl halides is 1. The first-order valence-corrected chi connectivity index (χ1v) is 7.34. The lowest BCUT2D eigenvalue weighted by molar-refractivity contribution is 0.0943. The fourth-order valence-electron chi connectivity index (χ4n) is 2.35. The lowest BCUT2D eigenvalue weighted by Gasteiger charge is -2.25. The fraction of sp³-hybridized carbons (Fsp3) is 0.500. The number of halogens is 3. The van der Waals surface area contributed by atoms with E-state index in [0.717, 1.165) is 43.9 Å². The molecule has 2 nitrogen and oxygen atoms in total. The maximum absolute atomic E-state index is 13.0. The van der Waals surface area contributed by atoms with Gasteiger partial charge in [0.1, 0.15) is 11.6 Å². The standard InChI is InChI=1S/C14H16BrF2NO/c15-11-3-1-9(2-4-11)8-18-14(19)10-5-12(16)7-13(17)6-10/h5-7,9,11H,1-4,8H2,(H,18,19). The van der Waals surface area contributed by atoms with Gasteiger partial charge in [0.25, 0.3) is 5.91 Å². The number of rotatable bonds is 3. The SMILES string of the molecule is O=C(NCC1CCC(Br)CC1)c1cc(F)cc(F)c1. The summed E-state index contributed by atoms with van der Waals surface area (Å²) in [6.07, 6.45) is 4.34. The molecule has 0 aromatic heterocycles. The second-order valence-electron chi connectivity index (χ2n) is 4.99. The lowest BCUT2D eigenvalue weighted by Crippen LogP contribution is -2.31. The molecule has 1 aromatic carbocycles. The summed E-state index contributed by atoms with van der Waals surface area (Å²) in [6, 6.07) is 2.86. The Morgan fingerprint density at radius 3 is 2.32 bits per heavy atom. The monoisotopic (exact) mass is 331 g/mol. The van der Waals surface area contributed by atoms with E-state index in [0.29, 0.717) is 17.3 Å². The van der Waals surface area contributed by atoms with Crippen LogP contribution in [-0.2, 0) is 0 Å². The Morgan fingerprint density at radius 1 is 1.16 bits per heavy atom. The van der Waals surface area contributed by atoms with Gasteiger partial charge in [-0.2, -0.15) is 0 Å². The van der Waals surface area contributed by atoms with Crippen LogP contribution < -0.4 is 5.32 Å². The molecule has 1 N–H and O–H groups in total. The van der Waals surface area contributed by atoms with Crippen molar-refractivity contribution in [1.29, 1.82) is 0 Å². The third kappa shape index (κ3) is 4.27. The van der Waals surface area contributed by atoms with Crippen molar-refractivity contribution in [2.45, 2.75) is 30.5 Å². The van der Waals surface area contributed by atoms with Crippen LogP contribution in [-0.4, -0.2) is 17.3 Å². The van der Waals surface area contributed by atoms with Gasteiger partial charge in [0.15, 0.2) is 0 Å². The van der Waals surface area contributed by atoms with Crippen molar-refractivity contribution in [2.75, 3.05) is 6.54 Å². The van der Waals surface area contributed by atoms with Crippen molar-refractivity contribution in [3.05, 3.63) is 35.4 Å². The van der Waals surface area contributed by atoms with Crippen molar-refractivity contribution in [3.63, 3.8) is 0 Å². The highest BCUT2D eigenvalue weighted by Crippen LogP contribution is 2.28. The van der Waals surface area contributed by atoms with Crippen LogP contribution in [0.2, 0.25) is 0 Å². The lowest BCUT2D eigenvalue weighted by atomic mass is 9.89. The highest BCUT2D eigenvalue weighted by molar-refractivity contribution is 9.09. The Labute approximate surface area is 119 Å². The molecule has 1 aromatic rings. The first-order chi connectivity index (χ1) is 9.04. The maximum Gasteiger partial charge on any atom is 0.251 e. The maximum atomic E-state index is 13.0. The normalized spacial score (nSPS) is 23.1. The molecule has 2 rings (SSSR count). The molecule has 0 radical (unpaired) electrons. The molecule has 1 fully saturated rings. The summed E-state index contributed by atoms with van der Waals surface area (Å²) in [7, 11) is 0.